The average molecular weight is 637 g/mol. The predicted octanol–water partition coefficient (Wildman–Crippen LogP) is 7.60. The monoisotopic (exact) mass is 636 g/mol. The Labute approximate surface area is 274 Å². The third-order valence-electron chi connectivity index (χ3n) is 12.8. The van der Waals surface area contributed by atoms with Crippen LogP contribution in [0.4, 0.5) is 0 Å². The summed E-state index contributed by atoms with van der Waals surface area (Å²) in [5.41, 5.74) is 7.61. The van der Waals surface area contributed by atoms with Crippen molar-refractivity contribution in [1.29, 1.82) is 0 Å². The van der Waals surface area contributed by atoms with Gasteiger partial charge in [0.15, 0.2) is 0 Å². The summed E-state index contributed by atoms with van der Waals surface area (Å²) in [4.78, 5) is 25.9. The molecule has 254 valence electrons. The van der Waals surface area contributed by atoms with Gasteiger partial charge in [-0.25, -0.2) is 4.79 Å². The van der Waals surface area contributed by atoms with E-state index in [4.69, 9.17) is 10.5 Å². The van der Waals surface area contributed by atoms with E-state index in [9.17, 15) is 14.7 Å². The van der Waals surface area contributed by atoms with Crippen molar-refractivity contribution >= 4 is 24.3 Å². The van der Waals surface area contributed by atoms with Gasteiger partial charge in [0.2, 0.25) is 5.91 Å². The smallest absolute Gasteiger partial charge is 0.329 e. The summed E-state index contributed by atoms with van der Waals surface area (Å²) in [6, 6.07) is -1.32. The molecule has 4 aliphatic carbocycles. The van der Waals surface area contributed by atoms with Gasteiger partial charge in [-0.15, -0.1) is 12.4 Å². The van der Waals surface area contributed by atoms with Gasteiger partial charge in [-0.3, -0.25) is 4.79 Å². The fourth-order valence-electron chi connectivity index (χ4n) is 10.0. The molecule has 0 saturated heterocycles. The molecular formula is C37H65ClN2O4. The van der Waals surface area contributed by atoms with Crippen LogP contribution in [-0.2, 0) is 14.3 Å². The van der Waals surface area contributed by atoms with Crippen LogP contribution >= 0.6 is 12.4 Å². The Balaban J connectivity index is 0.00000529. The number of rotatable bonds is 11. The zero-order chi connectivity index (χ0) is 31.9. The van der Waals surface area contributed by atoms with Crippen LogP contribution in [-0.4, -0.2) is 40.8 Å². The van der Waals surface area contributed by atoms with E-state index in [1.165, 1.54) is 37.7 Å². The normalized spacial score (nSPS) is 35.4. The molecule has 0 aliphatic heterocycles. The summed E-state index contributed by atoms with van der Waals surface area (Å²) in [5, 5.41) is 13.1. The number of nitrogens with two attached hydrogens (primary N) is 1. The second-order valence-electron chi connectivity index (χ2n) is 17.0. The van der Waals surface area contributed by atoms with Crippen molar-refractivity contribution in [3.63, 3.8) is 0 Å². The number of hydrogen-bond donors (Lipinski definition) is 3. The number of hydrogen-bond acceptors (Lipinski definition) is 5. The van der Waals surface area contributed by atoms with Crippen LogP contribution in [0.3, 0.4) is 0 Å². The van der Waals surface area contributed by atoms with Crippen molar-refractivity contribution in [2.75, 3.05) is 0 Å². The lowest BCUT2D eigenvalue weighted by Crippen LogP contribution is -2.53. The number of allylic oxidation sites excluding steroid dienone is 1. The number of esters is 1. The Kier molecular flexibility index (Phi) is 12.2. The highest BCUT2D eigenvalue weighted by molar-refractivity contribution is 5.87. The first-order valence-electron chi connectivity index (χ1n) is 17.7. The summed E-state index contributed by atoms with van der Waals surface area (Å²) < 4.78 is 6.11. The van der Waals surface area contributed by atoms with Crippen molar-refractivity contribution in [2.24, 2.45) is 58.0 Å². The maximum absolute atomic E-state index is 13.3. The Morgan fingerprint density at radius 3 is 2.34 bits per heavy atom. The van der Waals surface area contributed by atoms with E-state index in [1.807, 2.05) is 41.5 Å². The molecule has 4 N–H and O–H groups in total. The first kappa shape index (κ1) is 37.3. The van der Waals surface area contributed by atoms with Gasteiger partial charge in [-0.1, -0.05) is 73.0 Å². The van der Waals surface area contributed by atoms with Crippen LogP contribution in [0.1, 0.15) is 133 Å². The summed E-state index contributed by atoms with van der Waals surface area (Å²) in [5.74, 6) is 3.08. The van der Waals surface area contributed by atoms with Crippen molar-refractivity contribution < 1.29 is 19.4 Å². The van der Waals surface area contributed by atoms with Crippen LogP contribution in [0.25, 0.3) is 0 Å². The number of halogens is 1. The summed E-state index contributed by atoms with van der Waals surface area (Å²) >= 11 is 0. The molecule has 4 rings (SSSR count). The molecule has 6 nitrogen and oxygen atoms in total. The van der Waals surface area contributed by atoms with Gasteiger partial charge in [0.25, 0.3) is 0 Å². The van der Waals surface area contributed by atoms with E-state index >= 15 is 0 Å². The fraction of sp³-hybridized carbons (Fsp3) is 0.892. The molecule has 44 heavy (non-hydrogen) atoms. The fourth-order valence-corrected chi connectivity index (χ4v) is 10.0. The Morgan fingerprint density at radius 2 is 1.73 bits per heavy atom. The SMILES string of the molecule is CC(C)[C@H](NC(=O)[C@H](N)C(C)C)C(=O)O[C@H]1CC[C@@]2(C)C(=CC[C@H]3[C@@H]4CC[C@H]([C@H](C)CCCC(C)(C)O)[C@@]4(C)CC[C@@H]32)C1.Cl. The summed E-state index contributed by atoms with van der Waals surface area (Å²) in [6.07, 6.45) is 14.9. The topological polar surface area (TPSA) is 102 Å². The van der Waals surface area contributed by atoms with Crippen LogP contribution in [0, 0.1) is 52.3 Å². The van der Waals surface area contributed by atoms with Gasteiger partial charge in [-0.2, -0.15) is 0 Å². The number of carbonyl (C=O) groups excluding carboxylic acids is 2. The highest BCUT2D eigenvalue weighted by Gasteiger charge is 2.59. The molecule has 0 unspecified atom stereocenters. The van der Waals surface area contributed by atoms with Crippen molar-refractivity contribution in [1.82, 2.24) is 5.32 Å². The second kappa shape index (κ2) is 14.3. The number of amides is 1. The molecule has 3 fully saturated rings. The van der Waals surface area contributed by atoms with Gasteiger partial charge in [-0.05, 0) is 117 Å². The van der Waals surface area contributed by atoms with Gasteiger partial charge in [0.05, 0.1) is 11.6 Å². The molecule has 1 amide bonds. The molecule has 10 atom stereocenters. The molecule has 0 aromatic carbocycles. The molecule has 4 aliphatic rings. The standard InChI is InChI=1S/C37H64N2O4.ClH/c1-22(2)31(38)33(40)39-32(23(3)4)34(41)43-26-16-19-36(8)25(21-26)12-13-27-29-15-14-28(37(29,9)20-17-30(27)36)24(5)11-10-18-35(6,7)42;/h12,22-24,26-32,42H,10-11,13-21,38H2,1-9H3,(H,39,40);1H/t24-,26+,27+,28-,29+,30+,31-,32+,36+,37-;/m1./s1. The molecule has 0 aromatic rings. The summed E-state index contributed by atoms with van der Waals surface area (Å²) in [6.45, 7) is 19.2. The Hall–Kier alpha value is -1.11. The van der Waals surface area contributed by atoms with Crippen LogP contribution in [0.2, 0.25) is 0 Å². The third-order valence-corrected chi connectivity index (χ3v) is 12.8. The van der Waals surface area contributed by atoms with Crippen LogP contribution in [0.15, 0.2) is 11.6 Å². The largest absolute Gasteiger partial charge is 0.461 e. The lowest BCUT2D eigenvalue weighted by Gasteiger charge is -2.58. The number of fused-ring (bicyclic) bond motifs is 5. The first-order valence-corrected chi connectivity index (χ1v) is 17.7. The zero-order valence-corrected chi connectivity index (χ0v) is 30.1. The predicted molar refractivity (Wildman–Crippen MR) is 181 cm³/mol. The van der Waals surface area contributed by atoms with E-state index < -0.39 is 17.7 Å². The van der Waals surface area contributed by atoms with Gasteiger partial charge in [0, 0.05) is 6.42 Å². The highest BCUT2D eigenvalue weighted by Crippen LogP contribution is 2.67. The molecule has 0 radical (unpaired) electrons. The van der Waals surface area contributed by atoms with Crippen LogP contribution in [0.5, 0.6) is 0 Å². The van der Waals surface area contributed by atoms with E-state index in [0.717, 1.165) is 56.3 Å². The minimum atomic E-state index is -0.681. The lowest BCUT2D eigenvalue weighted by atomic mass is 9.47. The van der Waals surface area contributed by atoms with Crippen molar-refractivity contribution in [3.05, 3.63) is 11.6 Å². The summed E-state index contributed by atoms with van der Waals surface area (Å²) in [7, 11) is 0. The van der Waals surface area contributed by atoms with E-state index in [-0.39, 0.29) is 47.6 Å². The van der Waals surface area contributed by atoms with E-state index in [2.05, 4.69) is 32.2 Å². The number of ether oxygens (including phenoxy) is 1. The molecule has 0 bridgehead atoms. The Morgan fingerprint density at radius 1 is 1.05 bits per heavy atom. The first-order chi connectivity index (χ1) is 20.0. The van der Waals surface area contributed by atoms with Crippen molar-refractivity contribution in [2.45, 2.75) is 157 Å². The number of aliphatic hydroxyl groups is 1. The molecule has 3 saturated carbocycles. The van der Waals surface area contributed by atoms with Crippen molar-refractivity contribution in [3.8, 4) is 0 Å². The minimum Gasteiger partial charge on any atom is -0.461 e. The highest BCUT2D eigenvalue weighted by atomic mass is 35.5. The van der Waals surface area contributed by atoms with Crippen LogP contribution < -0.4 is 11.1 Å². The molecule has 7 heteroatoms. The zero-order valence-electron chi connectivity index (χ0n) is 29.3. The molecule has 0 aromatic heterocycles. The maximum atomic E-state index is 13.3. The third kappa shape index (κ3) is 7.71. The van der Waals surface area contributed by atoms with Gasteiger partial charge < -0.3 is 20.9 Å². The molecule has 0 heterocycles. The van der Waals surface area contributed by atoms with Gasteiger partial charge in [0.1, 0.15) is 12.1 Å². The lowest BCUT2D eigenvalue weighted by molar-refractivity contribution is -0.156. The quantitative estimate of drug-likeness (QED) is 0.160. The maximum Gasteiger partial charge on any atom is 0.329 e. The molecule has 0 spiro atoms. The van der Waals surface area contributed by atoms with E-state index in [0.29, 0.717) is 17.3 Å². The number of nitrogens with one attached hydrogen (secondary N) is 1. The average Bonchev–Trinajstić information content (AvgIpc) is 3.27. The second-order valence-corrected chi connectivity index (χ2v) is 17.0. The van der Waals surface area contributed by atoms with E-state index in [1.54, 1.807) is 0 Å². The van der Waals surface area contributed by atoms with Gasteiger partial charge >= 0.3 is 5.97 Å². The Bertz CT molecular complexity index is 1040. The minimum absolute atomic E-state index is 0. The molecular weight excluding hydrogens is 572 g/mol. The number of carbonyl (C=O) groups is 2.